The predicted octanol–water partition coefficient (Wildman–Crippen LogP) is 3.61. The lowest BCUT2D eigenvalue weighted by molar-refractivity contribution is 0.426. The molecular weight excluding hydrogens is 310 g/mol. The standard InChI is InChI=1S/C13H18BrN3S/c1-3-17-13(2,10-15)7-4-8-18-12-6-5-11(14)9-16-12/h5-6,9,17H,3-4,7-8H2,1-2H3. The molecule has 1 aromatic heterocycles. The van der Waals surface area contributed by atoms with Gasteiger partial charge in [-0.25, -0.2) is 4.98 Å². The third kappa shape index (κ3) is 5.38. The lowest BCUT2D eigenvalue weighted by Crippen LogP contribution is -2.40. The zero-order chi connectivity index (χ0) is 13.4. The Balaban J connectivity index is 2.30. The monoisotopic (exact) mass is 327 g/mol. The van der Waals surface area contributed by atoms with Crippen LogP contribution >= 0.6 is 27.7 Å². The molecule has 0 spiro atoms. The fraction of sp³-hybridized carbons (Fsp3) is 0.538. The fourth-order valence-corrected chi connectivity index (χ4v) is 2.65. The van der Waals surface area contributed by atoms with Gasteiger partial charge in [0.05, 0.1) is 11.1 Å². The molecule has 1 aromatic rings. The van der Waals surface area contributed by atoms with E-state index in [1.807, 2.05) is 26.0 Å². The molecule has 0 saturated carbocycles. The van der Waals surface area contributed by atoms with E-state index in [0.29, 0.717) is 0 Å². The van der Waals surface area contributed by atoms with Crippen molar-refractivity contribution >= 4 is 27.7 Å². The Labute approximate surface area is 122 Å². The Morgan fingerprint density at radius 1 is 1.56 bits per heavy atom. The second-order valence-corrected chi connectivity index (χ2v) is 6.27. The fourth-order valence-electron chi connectivity index (χ4n) is 1.62. The first kappa shape index (κ1) is 15.5. The molecule has 5 heteroatoms. The van der Waals surface area contributed by atoms with Gasteiger partial charge in [-0.3, -0.25) is 5.32 Å². The van der Waals surface area contributed by atoms with E-state index in [9.17, 15) is 0 Å². The lowest BCUT2D eigenvalue weighted by Gasteiger charge is -2.22. The van der Waals surface area contributed by atoms with E-state index in [-0.39, 0.29) is 0 Å². The minimum Gasteiger partial charge on any atom is -0.300 e. The molecule has 0 saturated heterocycles. The number of nitrogens with zero attached hydrogens (tertiary/aromatic N) is 2. The van der Waals surface area contributed by atoms with E-state index in [1.165, 1.54) is 0 Å². The summed E-state index contributed by atoms with van der Waals surface area (Å²) in [6.45, 7) is 4.81. The number of thioether (sulfide) groups is 1. The highest BCUT2D eigenvalue weighted by atomic mass is 79.9. The van der Waals surface area contributed by atoms with E-state index in [2.05, 4.69) is 32.3 Å². The maximum absolute atomic E-state index is 9.13. The van der Waals surface area contributed by atoms with Crippen molar-refractivity contribution in [1.29, 1.82) is 5.26 Å². The summed E-state index contributed by atoms with van der Waals surface area (Å²) in [4.78, 5) is 4.30. The van der Waals surface area contributed by atoms with Crippen LogP contribution in [0.2, 0.25) is 0 Å². The van der Waals surface area contributed by atoms with Gasteiger partial charge in [0, 0.05) is 10.7 Å². The van der Waals surface area contributed by atoms with Crippen LogP contribution in [0, 0.1) is 11.3 Å². The van der Waals surface area contributed by atoms with Gasteiger partial charge >= 0.3 is 0 Å². The van der Waals surface area contributed by atoms with Gasteiger partial charge in [0.25, 0.3) is 0 Å². The van der Waals surface area contributed by atoms with Gasteiger partial charge in [-0.15, -0.1) is 11.8 Å². The summed E-state index contributed by atoms with van der Waals surface area (Å²) >= 11 is 5.09. The molecule has 1 rings (SSSR count). The normalized spacial score (nSPS) is 13.9. The molecule has 0 aliphatic carbocycles. The Hall–Kier alpha value is -0.570. The molecule has 0 fully saturated rings. The van der Waals surface area contributed by atoms with Crippen molar-refractivity contribution in [2.24, 2.45) is 0 Å². The van der Waals surface area contributed by atoms with Gasteiger partial charge < -0.3 is 0 Å². The quantitative estimate of drug-likeness (QED) is 0.614. The predicted molar refractivity (Wildman–Crippen MR) is 79.6 cm³/mol. The van der Waals surface area contributed by atoms with Gasteiger partial charge in [-0.05, 0) is 60.1 Å². The minimum absolute atomic E-state index is 0.400. The zero-order valence-corrected chi connectivity index (χ0v) is 13.1. The van der Waals surface area contributed by atoms with E-state index in [1.54, 1.807) is 18.0 Å². The van der Waals surface area contributed by atoms with Gasteiger partial charge in [0.2, 0.25) is 0 Å². The van der Waals surface area contributed by atoms with Crippen LogP contribution in [0.4, 0.5) is 0 Å². The van der Waals surface area contributed by atoms with Crippen LogP contribution < -0.4 is 5.32 Å². The van der Waals surface area contributed by atoms with E-state index >= 15 is 0 Å². The summed E-state index contributed by atoms with van der Waals surface area (Å²) in [5.41, 5.74) is -0.400. The molecule has 1 unspecified atom stereocenters. The number of rotatable bonds is 7. The highest BCUT2D eigenvalue weighted by Crippen LogP contribution is 2.20. The van der Waals surface area contributed by atoms with Crippen molar-refractivity contribution in [1.82, 2.24) is 10.3 Å². The maximum atomic E-state index is 9.13. The van der Waals surface area contributed by atoms with Crippen molar-refractivity contribution in [3.63, 3.8) is 0 Å². The number of aromatic nitrogens is 1. The molecule has 0 aliphatic heterocycles. The van der Waals surface area contributed by atoms with Crippen LogP contribution in [0.15, 0.2) is 27.8 Å². The number of halogens is 1. The average Bonchev–Trinajstić information content (AvgIpc) is 2.37. The molecule has 0 amide bonds. The number of nitrogens with one attached hydrogen (secondary N) is 1. The van der Waals surface area contributed by atoms with Gasteiger partial charge in [0.1, 0.15) is 5.54 Å². The zero-order valence-electron chi connectivity index (χ0n) is 10.7. The maximum Gasteiger partial charge on any atom is 0.103 e. The molecular formula is C13H18BrN3S. The molecule has 3 nitrogen and oxygen atoms in total. The highest BCUT2D eigenvalue weighted by molar-refractivity contribution is 9.10. The summed E-state index contributed by atoms with van der Waals surface area (Å²) < 4.78 is 0.996. The molecule has 1 heterocycles. The Kier molecular flexibility index (Phi) is 6.69. The van der Waals surface area contributed by atoms with Crippen molar-refractivity contribution in [3.8, 4) is 6.07 Å². The summed E-state index contributed by atoms with van der Waals surface area (Å²) in [5.74, 6) is 0.983. The van der Waals surface area contributed by atoms with Crippen LogP contribution in [-0.4, -0.2) is 22.8 Å². The first-order valence-electron chi connectivity index (χ1n) is 6.00. The first-order chi connectivity index (χ1) is 8.59. The van der Waals surface area contributed by atoms with E-state index < -0.39 is 5.54 Å². The SMILES string of the molecule is CCNC(C)(C#N)CCCSc1ccc(Br)cn1. The minimum atomic E-state index is -0.400. The Morgan fingerprint density at radius 2 is 2.33 bits per heavy atom. The smallest absolute Gasteiger partial charge is 0.103 e. The van der Waals surface area contributed by atoms with E-state index in [4.69, 9.17) is 5.26 Å². The number of nitriles is 1. The Morgan fingerprint density at radius 3 is 2.89 bits per heavy atom. The molecule has 1 N–H and O–H groups in total. The van der Waals surface area contributed by atoms with Gasteiger partial charge in [0.15, 0.2) is 0 Å². The van der Waals surface area contributed by atoms with Crippen molar-refractivity contribution in [3.05, 3.63) is 22.8 Å². The Bertz CT molecular complexity index is 402. The van der Waals surface area contributed by atoms with Crippen LogP contribution in [0.1, 0.15) is 26.7 Å². The summed E-state index contributed by atoms with van der Waals surface area (Å²) in [6.07, 6.45) is 3.67. The molecule has 0 radical (unpaired) electrons. The van der Waals surface area contributed by atoms with Crippen LogP contribution in [0.3, 0.4) is 0 Å². The number of hydrogen-bond acceptors (Lipinski definition) is 4. The summed E-state index contributed by atoms with van der Waals surface area (Å²) in [5, 5.41) is 13.4. The molecule has 18 heavy (non-hydrogen) atoms. The molecule has 1 atom stereocenters. The number of hydrogen-bond donors (Lipinski definition) is 1. The summed E-state index contributed by atoms with van der Waals surface area (Å²) in [6, 6.07) is 6.34. The van der Waals surface area contributed by atoms with Gasteiger partial charge in [-0.1, -0.05) is 6.92 Å². The van der Waals surface area contributed by atoms with Crippen molar-refractivity contribution in [2.45, 2.75) is 37.3 Å². The number of pyridine rings is 1. The molecule has 0 bridgehead atoms. The molecule has 0 aliphatic rings. The third-order valence-electron chi connectivity index (χ3n) is 2.59. The van der Waals surface area contributed by atoms with Crippen LogP contribution in [0.25, 0.3) is 0 Å². The highest BCUT2D eigenvalue weighted by Gasteiger charge is 2.21. The lowest BCUT2D eigenvalue weighted by atomic mass is 9.98. The second-order valence-electron chi connectivity index (χ2n) is 4.24. The van der Waals surface area contributed by atoms with Crippen LogP contribution in [0.5, 0.6) is 0 Å². The average molecular weight is 328 g/mol. The third-order valence-corrected chi connectivity index (χ3v) is 4.08. The van der Waals surface area contributed by atoms with Crippen molar-refractivity contribution < 1.29 is 0 Å². The topological polar surface area (TPSA) is 48.7 Å². The summed E-state index contributed by atoms with van der Waals surface area (Å²) in [7, 11) is 0. The van der Waals surface area contributed by atoms with Crippen LogP contribution in [-0.2, 0) is 0 Å². The largest absolute Gasteiger partial charge is 0.300 e. The first-order valence-corrected chi connectivity index (χ1v) is 7.78. The second kappa shape index (κ2) is 7.78. The van der Waals surface area contributed by atoms with Crippen molar-refractivity contribution in [2.75, 3.05) is 12.3 Å². The molecule has 98 valence electrons. The van der Waals surface area contributed by atoms with E-state index in [0.717, 1.165) is 34.6 Å². The molecule has 0 aromatic carbocycles. The van der Waals surface area contributed by atoms with Gasteiger partial charge in [-0.2, -0.15) is 5.26 Å².